The summed E-state index contributed by atoms with van der Waals surface area (Å²) >= 11 is 0. The largest absolute Gasteiger partial charge is 0.465 e. The van der Waals surface area contributed by atoms with Crippen LogP contribution in [0.3, 0.4) is 0 Å². The lowest BCUT2D eigenvalue weighted by molar-refractivity contribution is -0.149. The minimum atomic E-state index is -0.991. The summed E-state index contributed by atoms with van der Waals surface area (Å²) in [5.74, 6) is -0.374. The Morgan fingerprint density at radius 1 is 1.60 bits per heavy atom. The fourth-order valence-electron chi connectivity index (χ4n) is 2.22. The molecular weight excluding hydrogens is 190 g/mol. The van der Waals surface area contributed by atoms with Gasteiger partial charge in [0.15, 0.2) is 5.41 Å². The molecule has 0 aliphatic heterocycles. The van der Waals surface area contributed by atoms with Gasteiger partial charge in [-0.2, -0.15) is 5.26 Å². The summed E-state index contributed by atoms with van der Waals surface area (Å²) in [6, 6.07) is 2.16. The molecule has 0 heterocycles. The van der Waals surface area contributed by atoms with Crippen molar-refractivity contribution in [2.45, 2.75) is 40.0 Å². The van der Waals surface area contributed by atoms with Gasteiger partial charge in [0.05, 0.1) is 12.7 Å². The highest BCUT2D eigenvalue weighted by Gasteiger charge is 2.47. The van der Waals surface area contributed by atoms with Crippen LogP contribution in [-0.4, -0.2) is 12.6 Å². The van der Waals surface area contributed by atoms with E-state index in [9.17, 15) is 10.1 Å². The number of carbonyl (C=O) groups is 1. The highest BCUT2D eigenvalue weighted by molar-refractivity contribution is 5.85. The van der Waals surface area contributed by atoms with E-state index in [1.54, 1.807) is 6.92 Å². The van der Waals surface area contributed by atoms with Crippen LogP contribution in [0.1, 0.15) is 40.0 Å². The summed E-state index contributed by atoms with van der Waals surface area (Å²) in [7, 11) is 0. The van der Waals surface area contributed by atoms with Crippen LogP contribution < -0.4 is 0 Å². The van der Waals surface area contributed by atoms with E-state index in [1.807, 2.05) is 13.8 Å². The molecule has 0 amide bonds. The van der Waals surface area contributed by atoms with Crippen LogP contribution in [0.25, 0.3) is 0 Å². The molecule has 0 aromatic carbocycles. The van der Waals surface area contributed by atoms with Crippen molar-refractivity contribution in [1.29, 1.82) is 5.26 Å². The zero-order chi connectivity index (χ0) is 11.5. The zero-order valence-electron chi connectivity index (χ0n) is 9.59. The number of rotatable bonds is 2. The molecule has 1 rings (SSSR count). The van der Waals surface area contributed by atoms with Gasteiger partial charge in [-0.3, -0.25) is 0 Å². The van der Waals surface area contributed by atoms with Crippen molar-refractivity contribution in [3.05, 3.63) is 11.1 Å². The number of hydrogen-bond donors (Lipinski definition) is 0. The molecule has 3 nitrogen and oxygen atoms in total. The molecule has 3 heteroatoms. The number of nitriles is 1. The van der Waals surface area contributed by atoms with Crippen molar-refractivity contribution in [2.24, 2.45) is 5.41 Å². The van der Waals surface area contributed by atoms with Gasteiger partial charge in [-0.05, 0) is 45.6 Å². The molecule has 0 N–H and O–H groups in total. The highest BCUT2D eigenvalue weighted by Crippen LogP contribution is 2.45. The molecule has 0 radical (unpaired) electrons. The Morgan fingerprint density at radius 2 is 2.27 bits per heavy atom. The average molecular weight is 207 g/mol. The van der Waals surface area contributed by atoms with Gasteiger partial charge in [0, 0.05) is 0 Å². The Bertz CT molecular complexity index is 334. The first kappa shape index (κ1) is 11.8. The second-order valence-corrected chi connectivity index (χ2v) is 4.07. The van der Waals surface area contributed by atoms with Crippen LogP contribution in [0.4, 0.5) is 0 Å². The fraction of sp³-hybridized carbons (Fsp3) is 0.667. The molecule has 0 aromatic rings. The fourth-order valence-corrected chi connectivity index (χ4v) is 2.22. The lowest BCUT2D eigenvalue weighted by Gasteiger charge is -2.21. The van der Waals surface area contributed by atoms with E-state index in [4.69, 9.17) is 4.74 Å². The number of ether oxygens (including phenoxy) is 1. The van der Waals surface area contributed by atoms with E-state index in [2.05, 4.69) is 6.07 Å². The number of hydrogen-bond acceptors (Lipinski definition) is 3. The SMILES string of the molecule is CCOC(=O)C1(C#N)CCCC1=C(C)C. The Labute approximate surface area is 90.7 Å². The number of allylic oxidation sites excluding steroid dienone is 1. The molecule has 82 valence electrons. The van der Waals surface area contributed by atoms with E-state index in [1.165, 1.54) is 0 Å². The standard InChI is InChI=1S/C12H17NO2/c1-4-15-11(14)12(8-13)7-5-6-10(12)9(2)3/h4-7H2,1-3H3. The quantitative estimate of drug-likeness (QED) is 0.516. The molecule has 0 bridgehead atoms. The molecular formula is C12H17NO2. The van der Waals surface area contributed by atoms with Crippen molar-refractivity contribution >= 4 is 5.97 Å². The van der Waals surface area contributed by atoms with Crippen LogP contribution in [0, 0.1) is 16.7 Å². The maximum absolute atomic E-state index is 11.8. The van der Waals surface area contributed by atoms with Gasteiger partial charge in [-0.25, -0.2) is 4.79 Å². The van der Waals surface area contributed by atoms with Gasteiger partial charge in [-0.15, -0.1) is 0 Å². The minimum absolute atomic E-state index is 0.332. The van der Waals surface area contributed by atoms with Gasteiger partial charge in [0.1, 0.15) is 0 Å². The number of nitrogens with zero attached hydrogens (tertiary/aromatic N) is 1. The highest BCUT2D eigenvalue weighted by atomic mass is 16.5. The Kier molecular flexibility index (Phi) is 3.52. The first-order chi connectivity index (χ1) is 7.08. The van der Waals surface area contributed by atoms with Crippen LogP contribution >= 0.6 is 0 Å². The molecule has 1 unspecified atom stereocenters. The summed E-state index contributed by atoms with van der Waals surface area (Å²) in [5, 5.41) is 9.25. The summed E-state index contributed by atoms with van der Waals surface area (Å²) in [5.41, 5.74) is 1.04. The molecule has 1 saturated carbocycles. The maximum atomic E-state index is 11.8. The molecule has 1 fully saturated rings. The predicted octanol–water partition coefficient (Wildman–Crippen LogP) is 2.58. The Hall–Kier alpha value is -1.30. The van der Waals surface area contributed by atoms with Crippen LogP contribution in [0.2, 0.25) is 0 Å². The van der Waals surface area contributed by atoms with Crippen molar-refractivity contribution in [2.75, 3.05) is 6.61 Å². The minimum Gasteiger partial charge on any atom is -0.465 e. The summed E-state index contributed by atoms with van der Waals surface area (Å²) in [6.07, 6.45) is 2.34. The Morgan fingerprint density at radius 3 is 2.73 bits per heavy atom. The van der Waals surface area contributed by atoms with Gasteiger partial charge in [-0.1, -0.05) is 5.57 Å². The molecule has 0 spiro atoms. The topological polar surface area (TPSA) is 50.1 Å². The first-order valence-electron chi connectivity index (χ1n) is 5.33. The molecule has 1 aliphatic rings. The van der Waals surface area contributed by atoms with Crippen LogP contribution in [0.5, 0.6) is 0 Å². The van der Waals surface area contributed by atoms with E-state index in [0.717, 1.165) is 24.0 Å². The van der Waals surface area contributed by atoms with Crippen LogP contribution in [0.15, 0.2) is 11.1 Å². The van der Waals surface area contributed by atoms with Crippen molar-refractivity contribution in [3.8, 4) is 6.07 Å². The average Bonchev–Trinajstić information content (AvgIpc) is 2.62. The number of esters is 1. The van der Waals surface area contributed by atoms with Gasteiger partial charge in [0.25, 0.3) is 0 Å². The van der Waals surface area contributed by atoms with E-state index in [-0.39, 0.29) is 5.97 Å². The van der Waals surface area contributed by atoms with Crippen molar-refractivity contribution in [3.63, 3.8) is 0 Å². The third-order valence-electron chi connectivity index (χ3n) is 2.91. The number of carbonyl (C=O) groups excluding carboxylic acids is 1. The zero-order valence-corrected chi connectivity index (χ0v) is 9.59. The predicted molar refractivity (Wildman–Crippen MR) is 56.9 cm³/mol. The van der Waals surface area contributed by atoms with E-state index in [0.29, 0.717) is 13.0 Å². The lowest BCUT2D eigenvalue weighted by Crippen LogP contribution is -2.30. The Balaban J connectivity index is 3.10. The van der Waals surface area contributed by atoms with Crippen molar-refractivity contribution < 1.29 is 9.53 Å². The van der Waals surface area contributed by atoms with E-state index >= 15 is 0 Å². The molecule has 1 aliphatic carbocycles. The smallest absolute Gasteiger partial charge is 0.330 e. The maximum Gasteiger partial charge on any atom is 0.330 e. The molecule has 15 heavy (non-hydrogen) atoms. The monoisotopic (exact) mass is 207 g/mol. The summed E-state index contributed by atoms with van der Waals surface area (Å²) in [6.45, 7) is 6.00. The van der Waals surface area contributed by atoms with Gasteiger partial charge >= 0.3 is 5.97 Å². The van der Waals surface area contributed by atoms with Crippen LogP contribution in [-0.2, 0) is 9.53 Å². The molecule has 0 saturated heterocycles. The second kappa shape index (κ2) is 4.48. The first-order valence-corrected chi connectivity index (χ1v) is 5.33. The third kappa shape index (κ3) is 1.90. The molecule has 1 atom stereocenters. The van der Waals surface area contributed by atoms with Gasteiger partial charge < -0.3 is 4.74 Å². The third-order valence-corrected chi connectivity index (χ3v) is 2.91. The summed E-state index contributed by atoms with van der Waals surface area (Å²) < 4.78 is 5.00. The molecule has 0 aromatic heterocycles. The lowest BCUT2D eigenvalue weighted by atomic mass is 9.82. The van der Waals surface area contributed by atoms with E-state index < -0.39 is 5.41 Å². The second-order valence-electron chi connectivity index (χ2n) is 4.07. The van der Waals surface area contributed by atoms with Crippen molar-refractivity contribution in [1.82, 2.24) is 0 Å². The normalized spacial score (nSPS) is 24.8. The summed E-state index contributed by atoms with van der Waals surface area (Å²) in [4.78, 5) is 11.8. The van der Waals surface area contributed by atoms with Gasteiger partial charge in [0.2, 0.25) is 0 Å².